The number of amides is 1. The first-order chi connectivity index (χ1) is 14.1. The van der Waals surface area contributed by atoms with E-state index in [4.69, 9.17) is 4.74 Å². The van der Waals surface area contributed by atoms with Gasteiger partial charge in [0.05, 0.1) is 5.69 Å². The Labute approximate surface area is 170 Å². The number of rotatable bonds is 9. The van der Waals surface area contributed by atoms with Crippen molar-refractivity contribution in [3.63, 3.8) is 0 Å². The van der Waals surface area contributed by atoms with Crippen LogP contribution in [0.25, 0.3) is 0 Å². The van der Waals surface area contributed by atoms with Crippen LogP contribution in [-0.2, 0) is 0 Å². The van der Waals surface area contributed by atoms with Gasteiger partial charge in [0.2, 0.25) is 5.95 Å². The van der Waals surface area contributed by atoms with Gasteiger partial charge >= 0.3 is 0 Å². The highest BCUT2D eigenvalue weighted by Crippen LogP contribution is 2.29. The van der Waals surface area contributed by atoms with Gasteiger partial charge in [-0.3, -0.25) is 4.79 Å². The molecule has 2 N–H and O–H groups in total. The number of carbonyl (C=O) groups is 1. The van der Waals surface area contributed by atoms with E-state index in [1.807, 2.05) is 56.6 Å². The van der Waals surface area contributed by atoms with Gasteiger partial charge in [0.25, 0.3) is 5.91 Å². The molecular weight excluding hydrogens is 366 g/mol. The fourth-order valence-corrected chi connectivity index (χ4v) is 2.63. The van der Waals surface area contributed by atoms with Crippen molar-refractivity contribution >= 4 is 17.5 Å². The molecule has 7 heteroatoms. The number of carbonyl (C=O) groups excluding carboxylic acids is 1. The fraction of sp³-hybridized carbons (Fsp3) is 0.227. The van der Waals surface area contributed by atoms with Crippen LogP contribution in [0.3, 0.4) is 0 Å². The molecule has 2 aromatic carbocycles. The summed E-state index contributed by atoms with van der Waals surface area (Å²) in [6, 6.07) is 18.3. The van der Waals surface area contributed by atoms with E-state index in [0.717, 1.165) is 19.5 Å². The van der Waals surface area contributed by atoms with Crippen LogP contribution in [0, 0.1) is 0 Å². The summed E-state index contributed by atoms with van der Waals surface area (Å²) in [4.78, 5) is 23.3. The summed E-state index contributed by atoms with van der Waals surface area (Å²) >= 11 is 0. The third kappa shape index (κ3) is 6.29. The lowest BCUT2D eigenvalue weighted by molar-refractivity contribution is 0.102. The highest BCUT2D eigenvalue weighted by Gasteiger charge is 2.12. The standard InChI is InChI=1S/C22H25N5O2/c1-27(2)16-8-14-23-22-24-15-13-19(26-22)21(28)25-18-11-6-7-12-20(18)29-17-9-4-3-5-10-17/h3-7,9-13,15H,8,14,16H2,1-2H3,(H,25,28)(H,23,24,26). The van der Waals surface area contributed by atoms with E-state index in [1.54, 1.807) is 24.4 Å². The van der Waals surface area contributed by atoms with E-state index in [0.29, 0.717) is 23.1 Å². The summed E-state index contributed by atoms with van der Waals surface area (Å²) in [5, 5.41) is 6.02. The number of benzene rings is 2. The molecule has 1 aromatic heterocycles. The lowest BCUT2D eigenvalue weighted by atomic mass is 10.2. The van der Waals surface area contributed by atoms with Crippen LogP contribution in [-0.4, -0.2) is 48.0 Å². The molecule has 0 saturated heterocycles. The predicted molar refractivity (Wildman–Crippen MR) is 115 cm³/mol. The molecule has 1 amide bonds. The number of aromatic nitrogens is 2. The Balaban J connectivity index is 1.65. The quantitative estimate of drug-likeness (QED) is 0.539. The molecule has 29 heavy (non-hydrogen) atoms. The molecule has 3 rings (SSSR count). The van der Waals surface area contributed by atoms with Gasteiger partial charge in [-0.05, 0) is 57.4 Å². The van der Waals surface area contributed by atoms with E-state index in [9.17, 15) is 4.79 Å². The SMILES string of the molecule is CN(C)CCCNc1nccc(C(=O)Nc2ccccc2Oc2ccccc2)n1. The molecule has 7 nitrogen and oxygen atoms in total. The van der Waals surface area contributed by atoms with Gasteiger partial charge < -0.3 is 20.3 Å². The van der Waals surface area contributed by atoms with Crippen LogP contribution < -0.4 is 15.4 Å². The third-order valence-corrected chi connectivity index (χ3v) is 4.06. The zero-order valence-electron chi connectivity index (χ0n) is 16.6. The summed E-state index contributed by atoms with van der Waals surface area (Å²) in [6.45, 7) is 1.70. The third-order valence-electron chi connectivity index (χ3n) is 4.06. The van der Waals surface area contributed by atoms with Crippen molar-refractivity contribution in [1.29, 1.82) is 0 Å². The lowest BCUT2D eigenvalue weighted by Gasteiger charge is -2.12. The molecule has 150 valence electrons. The van der Waals surface area contributed by atoms with Crippen LogP contribution >= 0.6 is 0 Å². The van der Waals surface area contributed by atoms with Crippen molar-refractivity contribution in [2.45, 2.75) is 6.42 Å². The van der Waals surface area contributed by atoms with Gasteiger partial charge in [-0.1, -0.05) is 30.3 Å². The Morgan fingerprint density at radius 3 is 2.59 bits per heavy atom. The predicted octanol–water partition coefficient (Wildman–Crippen LogP) is 3.88. The summed E-state index contributed by atoms with van der Waals surface area (Å²) in [5.41, 5.74) is 0.852. The Hall–Kier alpha value is -3.45. The minimum atomic E-state index is -0.326. The molecule has 1 heterocycles. The van der Waals surface area contributed by atoms with Crippen LogP contribution in [0.2, 0.25) is 0 Å². The van der Waals surface area contributed by atoms with Crippen molar-refractivity contribution in [3.8, 4) is 11.5 Å². The number of anilines is 2. The molecule has 0 radical (unpaired) electrons. The average Bonchev–Trinajstić information content (AvgIpc) is 2.73. The van der Waals surface area contributed by atoms with E-state index in [-0.39, 0.29) is 11.6 Å². The molecule has 0 atom stereocenters. The van der Waals surface area contributed by atoms with Crippen molar-refractivity contribution < 1.29 is 9.53 Å². The largest absolute Gasteiger partial charge is 0.455 e. The number of ether oxygens (including phenoxy) is 1. The topological polar surface area (TPSA) is 79.4 Å². The molecule has 0 bridgehead atoms. The van der Waals surface area contributed by atoms with E-state index in [1.165, 1.54) is 0 Å². The normalized spacial score (nSPS) is 10.6. The Kier molecular flexibility index (Phi) is 7.13. The maximum Gasteiger partial charge on any atom is 0.274 e. The Bertz CT molecular complexity index is 931. The highest BCUT2D eigenvalue weighted by molar-refractivity contribution is 6.03. The highest BCUT2D eigenvalue weighted by atomic mass is 16.5. The van der Waals surface area contributed by atoms with E-state index in [2.05, 4.69) is 25.5 Å². The minimum absolute atomic E-state index is 0.282. The van der Waals surface area contributed by atoms with Crippen LogP contribution in [0.15, 0.2) is 66.9 Å². The maximum absolute atomic E-state index is 12.7. The van der Waals surface area contributed by atoms with Crippen molar-refractivity contribution in [1.82, 2.24) is 14.9 Å². The smallest absolute Gasteiger partial charge is 0.274 e. The van der Waals surface area contributed by atoms with Gasteiger partial charge in [0.1, 0.15) is 11.4 Å². The number of para-hydroxylation sites is 3. The molecule has 0 fully saturated rings. The van der Waals surface area contributed by atoms with Crippen molar-refractivity contribution in [2.24, 2.45) is 0 Å². The lowest BCUT2D eigenvalue weighted by Crippen LogP contribution is -2.18. The number of nitrogens with zero attached hydrogens (tertiary/aromatic N) is 3. The van der Waals surface area contributed by atoms with Crippen molar-refractivity contribution in [2.75, 3.05) is 37.8 Å². The Morgan fingerprint density at radius 1 is 1.03 bits per heavy atom. The van der Waals surface area contributed by atoms with Gasteiger partial charge in [0.15, 0.2) is 5.75 Å². The molecule has 0 aliphatic rings. The first-order valence-electron chi connectivity index (χ1n) is 9.47. The molecule has 0 unspecified atom stereocenters. The molecule has 3 aromatic rings. The molecular formula is C22H25N5O2. The Morgan fingerprint density at radius 2 is 1.79 bits per heavy atom. The molecule has 0 aliphatic heterocycles. The van der Waals surface area contributed by atoms with Crippen LogP contribution in [0.5, 0.6) is 11.5 Å². The second-order valence-electron chi connectivity index (χ2n) is 6.71. The first kappa shape index (κ1) is 20.3. The van der Waals surface area contributed by atoms with Crippen LogP contribution in [0.1, 0.15) is 16.9 Å². The van der Waals surface area contributed by atoms with Gasteiger partial charge in [-0.15, -0.1) is 0 Å². The fourth-order valence-electron chi connectivity index (χ4n) is 2.63. The maximum atomic E-state index is 12.7. The van der Waals surface area contributed by atoms with E-state index >= 15 is 0 Å². The van der Waals surface area contributed by atoms with Gasteiger partial charge in [0, 0.05) is 12.7 Å². The average molecular weight is 391 g/mol. The second kappa shape index (κ2) is 10.2. The summed E-state index contributed by atoms with van der Waals surface area (Å²) in [5.74, 6) is 1.36. The summed E-state index contributed by atoms with van der Waals surface area (Å²) in [7, 11) is 4.06. The van der Waals surface area contributed by atoms with Crippen molar-refractivity contribution in [3.05, 3.63) is 72.6 Å². The first-order valence-corrected chi connectivity index (χ1v) is 9.47. The van der Waals surface area contributed by atoms with E-state index < -0.39 is 0 Å². The van der Waals surface area contributed by atoms with Crippen LogP contribution in [0.4, 0.5) is 11.6 Å². The molecule has 0 saturated carbocycles. The molecule has 0 aliphatic carbocycles. The zero-order chi connectivity index (χ0) is 20.5. The van der Waals surface area contributed by atoms with Gasteiger partial charge in [-0.25, -0.2) is 9.97 Å². The number of hydrogen-bond donors (Lipinski definition) is 2. The number of hydrogen-bond acceptors (Lipinski definition) is 6. The zero-order valence-corrected chi connectivity index (χ0v) is 16.6. The monoisotopic (exact) mass is 391 g/mol. The molecule has 0 spiro atoms. The van der Waals surface area contributed by atoms with Gasteiger partial charge in [-0.2, -0.15) is 0 Å². The number of nitrogens with one attached hydrogen (secondary N) is 2. The summed E-state index contributed by atoms with van der Waals surface area (Å²) < 4.78 is 5.89. The minimum Gasteiger partial charge on any atom is -0.455 e. The second-order valence-corrected chi connectivity index (χ2v) is 6.71. The summed E-state index contributed by atoms with van der Waals surface area (Å²) in [6.07, 6.45) is 2.53.